The molecule has 10 nitrogen and oxygen atoms in total. The molecule has 0 radical (unpaired) electrons. The summed E-state index contributed by atoms with van der Waals surface area (Å²) in [6.07, 6.45) is -5.03. The molecule has 0 unspecified atom stereocenters. The third kappa shape index (κ3) is 4.88. The minimum atomic E-state index is -1.42. The smallest absolute Gasteiger partial charge is 0.217 e. The molecule has 4 rings (SSSR count). The zero-order valence-corrected chi connectivity index (χ0v) is 19.2. The first kappa shape index (κ1) is 24.0. The zero-order valence-electron chi connectivity index (χ0n) is 18.4. The molecule has 2 aromatic carbocycles. The lowest BCUT2D eigenvalue weighted by atomic mass is 9.96. The van der Waals surface area contributed by atoms with Crippen LogP contribution in [0.3, 0.4) is 0 Å². The summed E-state index contributed by atoms with van der Waals surface area (Å²) in [4.78, 5) is 11.8. The van der Waals surface area contributed by atoms with Crippen molar-refractivity contribution < 1.29 is 29.6 Å². The normalized spacial score (nSPS) is 24.5. The number of para-hydroxylation sites is 2. The number of carbonyl (C=O) groups is 1. The van der Waals surface area contributed by atoms with Crippen molar-refractivity contribution in [2.24, 2.45) is 0 Å². The number of aliphatic hydroxyl groups excluding tert-OH is 3. The number of aliphatic hydroxyl groups is 3. The quantitative estimate of drug-likeness (QED) is 0.365. The summed E-state index contributed by atoms with van der Waals surface area (Å²) in [5.74, 6) is 0.659. The van der Waals surface area contributed by atoms with Crippen LogP contribution in [0.15, 0.2) is 60.7 Å². The molecule has 0 spiro atoms. The van der Waals surface area contributed by atoms with Crippen molar-refractivity contribution >= 4 is 18.1 Å². The van der Waals surface area contributed by atoms with Crippen LogP contribution < -0.4 is 10.1 Å². The number of rotatable bonds is 7. The van der Waals surface area contributed by atoms with Crippen LogP contribution in [-0.2, 0) is 16.1 Å². The topological polar surface area (TPSA) is 131 Å². The molecular weight excluding hydrogens is 460 g/mol. The number of hydrogen-bond donors (Lipinski definition) is 4. The number of ether oxygens (including phenoxy) is 2. The van der Waals surface area contributed by atoms with Gasteiger partial charge in [-0.1, -0.05) is 36.4 Å². The maximum Gasteiger partial charge on any atom is 0.217 e. The summed E-state index contributed by atoms with van der Waals surface area (Å²) in [5.41, 5.74) is 0.733. The van der Waals surface area contributed by atoms with Gasteiger partial charge >= 0.3 is 0 Å². The molecule has 1 fully saturated rings. The predicted octanol–water partition coefficient (Wildman–Crippen LogP) is 1.10. The Labute approximate surface area is 201 Å². The first-order valence-corrected chi connectivity index (χ1v) is 11.1. The van der Waals surface area contributed by atoms with E-state index in [0.29, 0.717) is 11.6 Å². The molecule has 180 valence electrons. The van der Waals surface area contributed by atoms with Crippen molar-refractivity contribution in [1.82, 2.24) is 19.7 Å². The summed E-state index contributed by atoms with van der Waals surface area (Å²) in [6, 6.07) is 17.5. The van der Waals surface area contributed by atoms with Gasteiger partial charge in [0.25, 0.3) is 0 Å². The number of nitrogens with zero attached hydrogens (tertiary/aromatic N) is 3. The molecule has 5 atom stereocenters. The van der Waals surface area contributed by atoms with Crippen molar-refractivity contribution in [2.75, 3.05) is 6.61 Å². The molecule has 1 saturated heterocycles. The van der Waals surface area contributed by atoms with Crippen LogP contribution >= 0.6 is 12.2 Å². The first-order chi connectivity index (χ1) is 16.4. The van der Waals surface area contributed by atoms with E-state index in [1.165, 1.54) is 11.6 Å². The number of amides is 1. The second-order valence-electron chi connectivity index (χ2n) is 7.87. The predicted molar refractivity (Wildman–Crippen MR) is 124 cm³/mol. The number of carbonyl (C=O) groups excluding carboxylic acids is 1. The summed E-state index contributed by atoms with van der Waals surface area (Å²) < 4.78 is 15.0. The van der Waals surface area contributed by atoms with Gasteiger partial charge in [0.05, 0.1) is 6.61 Å². The standard InChI is InChI=1S/C23H26N4O6S/c1-14(29)24-19-21(31)20(30)17(12-28)33-22(19)27-23(34)26(15-8-4-2-5-9-15)18(25-27)13-32-16-10-6-3-7-11-16/h2-11,17,19-22,28,30-31H,12-13H2,1H3,(H,24,29)/t17-,19-,20-,21+,22-/m1/s1. The van der Waals surface area contributed by atoms with Crippen molar-refractivity contribution in [3.05, 3.63) is 71.3 Å². The molecule has 1 aliphatic rings. The van der Waals surface area contributed by atoms with Crippen molar-refractivity contribution in [3.63, 3.8) is 0 Å². The van der Waals surface area contributed by atoms with Gasteiger partial charge in [0.2, 0.25) is 10.7 Å². The molecule has 11 heteroatoms. The monoisotopic (exact) mass is 486 g/mol. The third-order valence-corrected chi connectivity index (χ3v) is 5.87. The Bertz CT molecular complexity index is 1170. The average Bonchev–Trinajstić information content (AvgIpc) is 3.17. The van der Waals surface area contributed by atoms with Crippen LogP contribution in [0.5, 0.6) is 5.75 Å². The molecule has 1 amide bonds. The minimum absolute atomic E-state index is 0.0711. The van der Waals surface area contributed by atoms with Crippen molar-refractivity contribution in [3.8, 4) is 11.4 Å². The fraction of sp³-hybridized carbons (Fsp3) is 0.348. The highest BCUT2D eigenvalue weighted by atomic mass is 32.1. The van der Waals surface area contributed by atoms with Crippen LogP contribution in [-0.4, -0.2) is 66.5 Å². The summed E-state index contributed by atoms with van der Waals surface area (Å²) in [6.45, 7) is 0.815. The number of hydrogen-bond acceptors (Lipinski definition) is 8. The lowest BCUT2D eigenvalue weighted by Gasteiger charge is -2.42. The highest BCUT2D eigenvalue weighted by Gasteiger charge is 2.46. The Morgan fingerprint density at radius 2 is 1.76 bits per heavy atom. The fourth-order valence-corrected chi connectivity index (χ4v) is 4.24. The lowest BCUT2D eigenvalue weighted by Crippen LogP contribution is -2.62. The second kappa shape index (κ2) is 10.5. The van der Waals surface area contributed by atoms with E-state index in [0.717, 1.165) is 5.69 Å². The minimum Gasteiger partial charge on any atom is -0.486 e. The van der Waals surface area contributed by atoms with E-state index in [-0.39, 0.29) is 11.4 Å². The Kier molecular flexibility index (Phi) is 7.39. The molecular formula is C23H26N4O6S. The Morgan fingerprint density at radius 3 is 2.38 bits per heavy atom. The summed E-state index contributed by atoms with van der Waals surface area (Å²) >= 11 is 5.72. The number of aromatic nitrogens is 3. The van der Waals surface area contributed by atoms with Gasteiger partial charge in [-0.3, -0.25) is 9.36 Å². The van der Waals surface area contributed by atoms with Crippen LogP contribution in [0, 0.1) is 4.77 Å². The third-order valence-electron chi connectivity index (χ3n) is 5.51. The molecule has 3 aromatic rings. The Balaban J connectivity index is 1.77. The van der Waals surface area contributed by atoms with E-state index in [4.69, 9.17) is 21.7 Å². The van der Waals surface area contributed by atoms with Crippen LogP contribution in [0.2, 0.25) is 0 Å². The highest BCUT2D eigenvalue weighted by Crippen LogP contribution is 2.29. The van der Waals surface area contributed by atoms with Crippen LogP contribution in [0.4, 0.5) is 0 Å². The molecule has 0 aliphatic carbocycles. The number of benzene rings is 2. The second-order valence-corrected chi connectivity index (χ2v) is 8.24. The average molecular weight is 487 g/mol. The largest absolute Gasteiger partial charge is 0.486 e. The van der Waals surface area contributed by atoms with E-state index < -0.39 is 43.1 Å². The molecule has 4 N–H and O–H groups in total. The van der Waals surface area contributed by atoms with E-state index in [2.05, 4.69) is 10.4 Å². The van der Waals surface area contributed by atoms with Gasteiger partial charge in [-0.2, -0.15) is 5.10 Å². The Hall–Kier alpha value is -3.09. The van der Waals surface area contributed by atoms with Crippen molar-refractivity contribution in [1.29, 1.82) is 0 Å². The molecule has 2 heterocycles. The van der Waals surface area contributed by atoms with Gasteiger partial charge in [-0.05, 0) is 36.5 Å². The van der Waals surface area contributed by atoms with Gasteiger partial charge < -0.3 is 30.1 Å². The van der Waals surface area contributed by atoms with E-state index in [9.17, 15) is 20.1 Å². The van der Waals surface area contributed by atoms with Gasteiger partial charge in [0.1, 0.15) is 36.7 Å². The van der Waals surface area contributed by atoms with Gasteiger partial charge in [-0.15, -0.1) is 0 Å². The highest BCUT2D eigenvalue weighted by molar-refractivity contribution is 7.71. The zero-order chi connectivity index (χ0) is 24.2. The lowest BCUT2D eigenvalue weighted by molar-refractivity contribution is -0.219. The van der Waals surface area contributed by atoms with Gasteiger partial charge in [0.15, 0.2) is 12.1 Å². The van der Waals surface area contributed by atoms with Crippen LogP contribution in [0.25, 0.3) is 5.69 Å². The van der Waals surface area contributed by atoms with E-state index in [1.807, 2.05) is 60.7 Å². The number of nitrogens with one attached hydrogen (secondary N) is 1. The van der Waals surface area contributed by atoms with Gasteiger partial charge in [0, 0.05) is 12.6 Å². The summed E-state index contributed by atoms with van der Waals surface area (Å²) in [7, 11) is 0. The Morgan fingerprint density at radius 1 is 1.12 bits per heavy atom. The molecule has 0 bridgehead atoms. The van der Waals surface area contributed by atoms with E-state index >= 15 is 0 Å². The van der Waals surface area contributed by atoms with Crippen molar-refractivity contribution in [2.45, 2.75) is 44.1 Å². The molecule has 34 heavy (non-hydrogen) atoms. The maximum atomic E-state index is 11.8. The van der Waals surface area contributed by atoms with E-state index in [1.54, 1.807) is 4.57 Å². The maximum absolute atomic E-state index is 11.8. The fourth-order valence-electron chi connectivity index (χ4n) is 3.88. The van der Waals surface area contributed by atoms with Crippen LogP contribution in [0.1, 0.15) is 19.0 Å². The van der Waals surface area contributed by atoms with Gasteiger partial charge in [-0.25, -0.2) is 4.68 Å². The molecule has 1 aliphatic heterocycles. The SMILES string of the molecule is CC(=O)N[C@@H]1[C@H](O)[C@H](O)[C@@H](CO)O[C@H]1n1nc(COc2ccccc2)n(-c2ccccc2)c1=S. The first-order valence-electron chi connectivity index (χ1n) is 10.7. The summed E-state index contributed by atoms with van der Waals surface area (Å²) in [5, 5.41) is 37.9. The molecule has 0 saturated carbocycles. The molecule has 1 aromatic heterocycles.